The van der Waals surface area contributed by atoms with E-state index >= 15 is 0 Å². The molecule has 96 valence electrons. The van der Waals surface area contributed by atoms with Crippen molar-refractivity contribution in [2.75, 3.05) is 6.54 Å². The largest absolute Gasteiger partial charge is 0.330 e. The molecular formula is C13H19N5. The third-order valence-electron chi connectivity index (χ3n) is 2.88. The van der Waals surface area contributed by atoms with E-state index < -0.39 is 0 Å². The van der Waals surface area contributed by atoms with Crippen LogP contribution in [0.1, 0.15) is 32.2 Å². The summed E-state index contributed by atoms with van der Waals surface area (Å²) in [6.07, 6.45) is 0.675. The molecule has 5 heteroatoms. The highest BCUT2D eigenvalue weighted by molar-refractivity contribution is 5.36. The molecule has 0 fully saturated rings. The zero-order valence-electron chi connectivity index (χ0n) is 11.1. The van der Waals surface area contributed by atoms with E-state index in [4.69, 9.17) is 5.73 Å². The molecule has 0 atom stereocenters. The lowest BCUT2D eigenvalue weighted by atomic mass is 9.87. The fourth-order valence-corrected chi connectivity index (χ4v) is 1.79. The van der Waals surface area contributed by atoms with E-state index in [0.29, 0.717) is 13.0 Å². The molecule has 0 aliphatic rings. The maximum absolute atomic E-state index is 5.54. The van der Waals surface area contributed by atoms with Gasteiger partial charge in [0.1, 0.15) is 0 Å². The van der Waals surface area contributed by atoms with E-state index in [9.17, 15) is 0 Å². The van der Waals surface area contributed by atoms with Crippen LogP contribution in [-0.4, -0.2) is 26.8 Å². The zero-order valence-corrected chi connectivity index (χ0v) is 11.1. The second-order valence-corrected chi connectivity index (χ2v) is 5.34. The predicted octanol–water partition coefficient (Wildman–Crippen LogP) is 1.46. The van der Waals surface area contributed by atoms with Crippen LogP contribution in [0.15, 0.2) is 24.3 Å². The molecule has 0 aliphatic heterocycles. The number of aromatic nitrogens is 4. The lowest BCUT2D eigenvalue weighted by Gasteiger charge is -2.19. The van der Waals surface area contributed by atoms with Gasteiger partial charge in [-0.2, -0.15) is 4.68 Å². The van der Waals surface area contributed by atoms with Crippen molar-refractivity contribution < 1.29 is 0 Å². The normalized spacial score (nSPS) is 11.8. The van der Waals surface area contributed by atoms with Crippen molar-refractivity contribution in [2.45, 2.75) is 32.6 Å². The first-order chi connectivity index (χ1) is 8.52. The van der Waals surface area contributed by atoms with Gasteiger partial charge in [-0.05, 0) is 40.1 Å². The minimum atomic E-state index is 0.152. The molecule has 1 aromatic carbocycles. The second kappa shape index (κ2) is 4.86. The minimum Gasteiger partial charge on any atom is -0.330 e. The summed E-state index contributed by atoms with van der Waals surface area (Å²) in [5.41, 5.74) is 7.95. The SMILES string of the molecule is CC(C)(C)c1ccc(-n2nnnc2CCN)cc1. The molecule has 0 radical (unpaired) electrons. The van der Waals surface area contributed by atoms with Gasteiger partial charge in [-0.25, -0.2) is 0 Å². The Morgan fingerprint density at radius 2 is 1.83 bits per heavy atom. The molecule has 1 heterocycles. The lowest BCUT2D eigenvalue weighted by molar-refractivity contribution is 0.590. The van der Waals surface area contributed by atoms with E-state index in [1.54, 1.807) is 4.68 Å². The molecule has 2 aromatic rings. The van der Waals surface area contributed by atoms with Gasteiger partial charge in [0.15, 0.2) is 5.82 Å². The van der Waals surface area contributed by atoms with Gasteiger partial charge in [0.25, 0.3) is 0 Å². The maximum Gasteiger partial charge on any atom is 0.157 e. The van der Waals surface area contributed by atoms with Gasteiger partial charge in [0, 0.05) is 6.42 Å². The Bertz CT molecular complexity index is 507. The topological polar surface area (TPSA) is 69.6 Å². The van der Waals surface area contributed by atoms with E-state index in [1.165, 1.54) is 5.56 Å². The summed E-state index contributed by atoms with van der Waals surface area (Å²) in [5.74, 6) is 0.793. The molecule has 0 bridgehead atoms. The summed E-state index contributed by atoms with van der Waals surface area (Å²) < 4.78 is 1.74. The zero-order chi connectivity index (χ0) is 13.2. The standard InChI is InChI=1S/C13H19N5/c1-13(2,3)10-4-6-11(7-5-10)18-12(8-9-14)15-16-17-18/h4-7H,8-9,14H2,1-3H3. The van der Waals surface area contributed by atoms with Gasteiger partial charge in [0.05, 0.1) is 5.69 Å². The van der Waals surface area contributed by atoms with Crippen molar-refractivity contribution in [3.8, 4) is 5.69 Å². The highest BCUT2D eigenvalue weighted by atomic mass is 15.5. The monoisotopic (exact) mass is 245 g/mol. The number of nitrogens with zero attached hydrogens (tertiary/aromatic N) is 4. The molecule has 2 rings (SSSR count). The van der Waals surface area contributed by atoms with E-state index in [0.717, 1.165) is 11.5 Å². The molecule has 0 amide bonds. The fourth-order valence-electron chi connectivity index (χ4n) is 1.79. The molecule has 5 nitrogen and oxygen atoms in total. The van der Waals surface area contributed by atoms with Crippen molar-refractivity contribution in [3.05, 3.63) is 35.7 Å². The first-order valence-electron chi connectivity index (χ1n) is 6.10. The number of nitrogens with two attached hydrogens (primary N) is 1. The van der Waals surface area contributed by atoms with Gasteiger partial charge < -0.3 is 5.73 Å². The quantitative estimate of drug-likeness (QED) is 0.888. The number of hydrogen-bond donors (Lipinski definition) is 1. The van der Waals surface area contributed by atoms with Crippen molar-refractivity contribution >= 4 is 0 Å². The summed E-state index contributed by atoms with van der Waals surface area (Å²) in [6.45, 7) is 7.12. The number of hydrogen-bond acceptors (Lipinski definition) is 4. The maximum atomic E-state index is 5.54. The third-order valence-corrected chi connectivity index (χ3v) is 2.88. The Kier molecular flexibility index (Phi) is 3.43. The fraction of sp³-hybridized carbons (Fsp3) is 0.462. The number of tetrazole rings is 1. The van der Waals surface area contributed by atoms with Gasteiger partial charge in [0.2, 0.25) is 0 Å². The van der Waals surface area contributed by atoms with E-state index in [2.05, 4.69) is 48.4 Å². The highest BCUT2D eigenvalue weighted by Crippen LogP contribution is 2.23. The van der Waals surface area contributed by atoms with E-state index in [1.807, 2.05) is 12.1 Å². The first-order valence-corrected chi connectivity index (χ1v) is 6.10. The van der Waals surface area contributed by atoms with Crippen molar-refractivity contribution in [2.24, 2.45) is 5.73 Å². The Morgan fingerprint density at radius 3 is 2.39 bits per heavy atom. The van der Waals surface area contributed by atoms with Gasteiger partial charge >= 0.3 is 0 Å². The van der Waals surface area contributed by atoms with Crippen LogP contribution in [0.25, 0.3) is 5.69 Å². The van der Waals surface area contributed by atoms with Crippen LogP contribution in [-0.2, 0) is 11.8 Å². The highest BCUT2D eigenvalue weighted by Gasteiger charge is 2.14. The van der Waals surface area contributed by atoms with Crippen molar-refractivity contribution in [1.29, 1.82) is 0 Å². The second-order valence-electron chi connectivity index (χ2n) is 5.34. The number of benzene rings is 1. The number of rotatable bonds is 3. The summed E-state index contributed by atoms with van der Waals surface area (Å²) >= 11 is 0. The van der Waals surface area contributed by atoms with Gasteiger partial charge in [-0.15, -0.1) is 5.10 Å². The summed E-state index contributed by atoms with van der Waals surface area (Å²) in [7, 11) is 0. The molecule has 18 heavy (non-hydrogen) atoms. The van der Waals surface area contributed by atoms with E-state index in [-0.39, 0.29) is 5.41 Å². The minimum absolute atomic E-state index is 0.152. The Hall–Kier alpha value is -1.75. The average molecular weight is 245 g/mol. The molecule has 0 unspecified atom stereocenters. The molecule has 0 aliphatic carbocycles. The summed E-state index contributed by atoms with van der Waals surface area (Å²) in [5, 5.41) is 11.7. The molecule has 0 saturated carbocycles. The van der Waals surface area contributed by atoms with Crippen molar-refractivity contribution in [1.82, 2.24) is 20.2 Å². The summed E-state index contributed by atoms with van der Waals surface area (Å²) in [4.78, 5) is 0. The van der Waals surface area contributed by atoms with Gasteiger partial charge in [-0.3, -0.25) is 0 Å². The molecule has 0 saturated heterocycles. The van der Waals surface area contributed by atoms with Crippen LogP contribution in [0.3, 0.4) is 0 Å². The smallest absolute Gasteiger partial charge is 0.157 e. The van der Waals surface area contributed by atoms with Crippen molar-refractivity contribution in [3.63, 3.8) is 0 Å². The predicted molar refractivity (Wildman–Crippen MR) is 70.6 cm³/mol. The first kappa shape index (κ1) is 12.7. The third kappa shape index (κ3) is 2.56. The summed E-state index contributed by atoms with van der Waals surface area (Å²) in [6, 6.07) is 8.31. The molecular weight excluding hydrogens is 226 g/mol. The Balaban J connectivity index is 2.32. The van der Waals surface area contributed by atoms with Crippen LogP contribution in [0, 0.1) is 0 Å². The lowest BCUT2D eigenvalue weighted by Crippen LogP contribution is -2.12. The van der Waals surface area contributed by atoms with Crippen LogP contribution < -0.4 is 5.73 Å². The van der Waals surface area contributed by atoms with Crippen LogP contribution in [0.5, 0.6) is 0 Å². The molecule has 0 spiro atoms. The average Bonchev–Trinajstić information content (AvgIpc) is 2.77. The Labute approximate surface area is 107 Å². The van der Waals surface area contributed by atoms with Crippen LogP contribution >= 0.6 is 0 Å². The van der Waals surface area contributed by atoms with Crippen LogP contribution in [0.4, 0.5) is 0 Å². The molecule has 2 N–H and O–H groups in total. The Morgan fingerprint density at radius 1 is 1.17 bits per heavy atom. The van der Waals surface area contributed by atoms with Crippen LogP contribution in [0.2, 0.25) is 0 Å². The van der Waals surface area contributed by atoms with Gasteiger partial charge in [-0.1, -0.05) is 32.9 Å². The molecule has 1 aromatic heterocycles.